The highest BCUT2D eigenvalue weighted by Crippen LogP contribution is 2.33. The zero-order valence-corrected chi connectivity index (χ0v) is 10.2. The van der Waals surface area contributed by atoms with E-state index in [1.165, 1.54) is 0 Å². The molecule has 0 bridgehead atoms. The van der Waals surface area contributed by atoms with Crippen LogP contribution < -0.4 is 4.74 Å². The largest absolute Gasteiger partial charge is 0.497 e. The molecule has 1 aromatic rings. The fourth-order valence-corrected chi connectivity index (χ4v) is 2.53. The number of rotatable bonds is 4. The normalized spacial score (nSPS) is 20.2. The lowest BCUT2D eigenvalue weighted by Gasteiger charge is -2.28. The van der Waals surface area contributed by atoms with Gasteiger partial charge in [-0.1, -0.05) is 25.0 Å². The molecular weight excluding hydrogens is 216 g/mol. The minimum atomic E-state index is -0.886. The van der Waals surface area contributed by atoms with Crippen molar-refractivity contribution < 1.29 is 14.9 Å². The highest BCUT2D eigenvalue weighted by molar-refractivity contribution is 5.29. The zero-order chi connectivity index (χ0) is 12.3. The van der Waals surface area contributed by atoms with Crippen molar-refractivity contribution in [3.8, 4) is 5.75 Å². The number of hydrogen-bond donors (Lipinski definition) is 2. The molecule has 0 aromatic heterocycles. The average molecular weight is 236 g/mol. The van der Waals surface area contributed by atoms with E-state index in [4.69, 9.17) is 4.74 Å². The number of aliphatic hydroxyl groups excluding tert-OH is 1. The second kappa shape index (κ2) is 5.07. The summed E-state index contributed by atoms with van der Waals surface area (Å²) in [4.78, 5) is 0. The zero-order valence-electron chi connectivity index (χ0n) is 10.2. The number of aliphatic hydroxyl groups is 2. The number of hydrogen-bond acceptors (Lipinski definition) is 3. The van der Waals surface area contributed by atoms with E-state index in [1.807, 2.05) is 24.3 Å². The Bertz CT molecular complexity index is 369. The summed E-state index contributed by atoms with van der Waals surface area (Å²) in [6.45, 7) is 0. The van der Waals surface area contributed by atoms with Gasteiger partial charge in [0.15, 0.2) is 0 Å². The Hall–Kier alpha value is -1.06. The van der Waals surface area contributed by atoms with Crippen LogP contribution in [0, 0.1) is 0 Å². The van der Waals surface area contributed by atoms with Crippen LogP contribution in [0.3, 0.4) is 0 Å². The van der Waals surface area contributed by atoms with E-state index in [1.54, 1.807) is 7.11 Å². The maximum atomic E-state index is 10.3. The average Bonchev–Trinajstić information content (AvgIpc) is 2.78. The summed E-state index contributed by atoms with van der Waals surface area (Å²) in [5, 5.41) is 20.4. The molecule has 2 rings (SSSR count). The van der Waals surface area contributed by atoms with Crippen LogP contribution in [-0.2, 0) is 6.42 Å². The number of benzene rings is 1. The molecule has 1 atom stereocenters. The summed E-state index contributed by atoms with van der Waals surface area (Å²) in [6.07, 6.45) is 3.22. The Morgan fingerprint density at radius 2 is 2.06 bits per heavy atom. The molecular formula is C14H20O3. The third kappa shape index (κ3) is 2.79. The van der Waals surface area contributed by atoms with Crippen LogP contribution in [0.4, 0.5) is 0 Å². The molecule has 3 nitrogen and oxygen atoms in total. The van der Waals surface area contributed by atoms with E-state index >= 15 is 0 Å². The smallest absolute Gasteiger partial charge is 0.119 e. The molecule has 1 fully saturated rings. The fraction of sp³-hybridized carbons (Fsp3) is 0.571. The molecule has 1 unspecified atom stereocenters. The van der Waals surface area contributed by atoms with Crippen LogP contribution in [0.1, 0.15) is 31.2 Å². The van der Waals surface area contributed by atoms with E-state index < -0.39 is 11.7 Å². The first-order chi connectivity index (χ1) is 8.14. The van der Waals surface area contributed by atoms with Gasteiger partial charge in [0.05, 0.1) is 18.8 Å². The van der Waals surface area contributed by atoms with E-state index in [2.05, 4.69) is 0 Å². The van der Waals surface area contributed by atoms with Crippen LogP contribution in [0.5, 0.6) is 5.75 Å². The summed E-state index contributed by atoms with van der Waals surface area (Å²) in [6, 6.07) is 7.63. The molecule has 0 aliphatic heterocycles. The van der Waals surface area contributed by atoms with Crippen LogP contribution in [0.2, 0.25) is 0 Å². The Morgan fingerprint density at radius 3 is 2.71 bits per heavy atom. The lowest BCUT2D eigenvalue weighted by Crippen LogP contribution is -2.40. The molecule has 1 saturated carbocycles. The third-order valence-corrected chi connectivity index (χ3v) is 3.65. The summed E-state index contributed by atoms with van der Waals surface area (Å²) in [5.41, 5.74) is 0.112. The molecule has 0 amide bonds. The molecule has 0 heterocycles. The van der Waals surface area contributed by atoms with Crippen molar-refractivity contribution in [3.63, 3.8) is 0 Å². The van der Waals surface area contributed by atoms with Crippen LogP contribution in [-0.4, -0.2) is 29.0 Å². The highest BCUT2D eigenvalue weighted by Gasteiger charge is 2.38. The summed E-state index contributed by atoms with van der Waals surface area (Å²) in [5.74, 6) is 0.785. The van der Waals surface area contributed by atoms with E-state index in [0.717, 1.165) is 24.2 Å². The molecule has 3 heteroatoms. The topological polar surface area (TPSA) is 49.7 Å². The van der Waals surface area contributed by atoms with Crippen LogP contribution in [0.15, 0.2) is 24.3 Å². The molecule has 94 valence electrons. The third-order valence-electron chi connectivity index (χ3n) is 3.65. The molecule has 2 N–H and O–H groups in total. The van der Waals surface area contributed by atoms with Gasteiger partial charge in [0, 0.05) is 6.42 Å². The molecule has 1 aliphatic carbocycles. The second-order valence-electron chi connectivity index (χ2n) is 4.88. The van der Waals surface area contributed by atoms with Crippen molar-refractivity contribution in [1.82, 2.24) is 0 Å². The predicted octanol–water partition coefficient (Wildman–Crippen LogP) is 1.90. The first kappa shape index (κ1) is 12.4. The van der Waals surface area contributed by atoms with Gasteiger partial charge in [0.25, 0.3) is 0 Å². The molecule has 17 heavy (non-hydrogen) atoms. The van der Waals surface area contributed by atoms with Crippen molar-refractivity contribution in [2.24, 2.45) is 0 Å². The van der Waals surface area contributed by atoms with Crippen LogP contribution >= 0.6 is 0 Å². The Balaban J connectivity index is 2.04. The van der Waals surface area contributed by atoms with Gasteiger partial charge in [0.1, 0.15) is 5.75 Å². The first-order valence-corrected chi connectivity index (χ1v) is 6.17. The minimum Gasteiger partial charge on any atom is -0.497 e. The molecule has 1 aromatic carbocycles. The maximum absolute atomic E-state index is 10.3. The van der Waals surface area contributed by atoms with Crippen molar-refractivity contribution in [1.29, 1.82) is 0 Å². The van der Waals surface area contributed by atoms with Gasteiger partial charge < -0.3 is 14.9 Å². The minimum absolute atomic E-state index is 0.480. The molecule has 0 radical (unpaired) electrons. The predicted molar refractivity (Wildman–Crippen MR) is 66.1 cm³/mol. The summed E-state index contributed by atoms with van der Waals surface area (Å²) >= 11 is 0. The van der Waals surface area contributed by atoms with E-state index in [-0.39, 0.29) is 0 Å². The van der Waals surface area contributed by atoms with Crippen LogP contribution in [0.25, 0.3) is 0 Å². The molecule has 1 aliphatic rings. The lowest BCUT2D eigenvalue weighted by molar-refractivity contribution is -0.0689. The standard InChI is InChI=1S/C14H20O3/c1-17-12-6-4-5-11(9-12)10-13(15)14(16)7-2-3-8-14/h4-6,9,13,15-16H,2-3,7-8,10H2,1H3. The Labute approximate surface area is 102 Å². The van der Waals surface area contributed by atoms with Gasteiger partial charge in [-0.25, -0.2) is 0 Å². The number of ether oxygens (including phenoxy) is 1. The maximum Gasteiger partial charge on any atom is 0.119 e. The highest BCUT2D eigenvalue weighted by atomic mass is 16.5. The van der Waals surface area contributed by atoms with Crippen molar-refractivity contribution in [2.75, 3.05) is 7.11 Å². The SMILES string of the molecule is COc1cccc(CC(O)C2(O)CCCC2)c1. The van der Waals surface area contributed by atoms with E-state index in [0.29, 0.717) is 19.3 Å². The number of methoxy groups -OCH3 is 1. The Kier molecular flexibility index (Phi) is 3.69. The quantitative estimate of drug-likeness (QED) is 0.839. The van der Waals surface area contributed by atoms with Crippen molar-refractivity contribution in [2.45, 2.75) is 43.8 Å². The van der Waals surface area contributed by atoms with Gasteiger partial charge >= 0.3 is 0 Å². The monoisotopic (exact) mass is 236 g/mol. The van der Waals surface area contributed by atoms with Gasteiger partial charge in [-0.05, 0) is 30.5 Å². The van der Waals surface area contributed by atoms with Crippen molar-refractivity contribution >= 4 is 0 Å². The fourth-order valence-electron chi connectivity index (χ4n) is 2.53. The Morgan fingerprint density at radius 1 is 1.35 bits per heavy atom. The van der Waals surface area contributed by atoms with Gasteiger partial charge in [-0.2, -0.15) is 0 Å². The van der Waals surface area contributed by atoms with Gasteiger partial charge in [-0.15, -0.1) is 0 Å². The lowest BCUT2D eigenvalue weighted by atomic mass is 9.90. The first-order valence-electron chi connectivity index (χ1n) is 6.17. The van der Waals surface area contributed by atoms with Gasteiger partial charge in [-0.3, -0.25) is 0 Å². The van der Waals surface area contributed by atoms with E-state index in [9.17, 15) is 10.2 Å². The second-order valence-corrected chi connectivity index (χ2v) is 4.88. The summed E-state index contributed by atoms with van der Waals surface area (Å²) in [7, 11) is 1.63. The van der Waals surface area contributed by atoms with Gasteiger partial charge in [0.2, 0.25) is 0 Å². The van der Waals surface area contributed by atoms with Crippen molar-refractivity contribution in [3.05, 3.63) is 29.8 Å². The molecule has 0 spiro atoms. The molecule has 0 saturated heterocycles. The summed E-state index contributed by atoms with van der Waals surface area (Å²) < 4.78 is 5.14.